The third-order valence-electron chi connectivity index (χ3n) is 4.55. The van der Waals surface area contributed by atoms with Crippen molar-refractivity contribution < 1.29 is 4.74 Å². The van der Waals surface area contributed by atoms with Crippen molar-refractivity contribution in [3.8, 4) is 0 Å². The summed E-state index contributed by atoms with van der Waals surface area (Å²) in [5.41, 5.74) is 0. The number of ether oxygens (including phenoxy) is 1. The Labute approximate surface area is 127 Å². The molecule has 0 bridgehead atoms. The molecule has 1 aliphatic heterocycles. The van der Waals surface area contributed by atoms with Crippen LogP contribution in [0.3, 0.4) is 0 Å². The molecule has 0 radical (unpaired) electrons. The highest BCUT2D eigenvalue weighted by Crippen LogP contribution is 2.32. The van der Waals surface area contributed by atoms with Crippen molar-refractivity contribution in [1.82, 2.24) is 0 Å². The Balaban J connectivity index is 1.75. The van der Waals surface area contributed by atoms with Gasteiger partial charge in [-0.15, -0.1) is 0 Å². The fourth-order valence-corrected chi connectivity index (χ4v) is 3.07. The molecule has 0 aromatic carbocycles. The monoisotopic (exact) mass is 282 g/mol. The predicted molar refractivity (Wildman–Crippen MR) is 89.2 cm³/mol. The van der Waals surface area contributed by atoms with Crippen LogP contribution < -0.4 is 0 Å². The maximum absolute atomic E-state index is 5.77. The Hall–Kier alpha value is -0.0400. The van der Waals surface area contributed by atoms with E-state index in [1.54, 1.807) is 0 Å². The first kappa shape index (κ1) is 18.0. The first-order valence-corrected chi connectivity index (χ1v) is 9.39. The molecule has 2 atom stereocenters. The second-order valence-electron chi connectivity index (χ2n) is 7.15. The van der Waals surface area contributed by atoms with Crippen LogP contribution in [0.25, 0.3) is 0 Å². The van der Waals surface area contributed by atoms with Gasteiger partial charge in [0.05, 0.1) is 12.2 Å². The van der Waals surface area contributed by atoms with Crippen LogP contribution in [0.15, 0.2) is 0 Å². The van der Waals surface area contributed by atoms with Gasteiger partial charge in [-0.25, -0.2) is 0 Å². The molecule has 0 aromatic rings. The van der Waals surface area contributed by atoms with E-state index >= 15 is 0 Å². The highest BCUT2D eigenvalue weighted by Gasteiger charge is 2.36. The molecule has 1 nitrogen and oxygen atoms in total. The zero-order chi connectivity index (χ0) is 14.6. The fraction of sp³-hybridized carbons (Fsp3) is 1.00. The predicted octanol–water partition coefficient (Wildman–Crippen LogP) is 6.50. The Morgan fingerprint density at radius 1 is 0.700 bits per heavy atom. The Kier molecular flexibility index (Phi) is 10.4. The summed E-state index contributed by atoms with van der Waals surface area (Å²) in [4.78, 5) is 0. The highest BCUT2D eigenvalue weighted by molar-refractivity contribution is 4.84. The van der Waals surface area contributed by atoms with E-state index in [0.717, 1.165) is 5.92 Å². The van der Waals surface area contributed by atoms with E-state index in [1.807, 2.05) is 0 Å². The van der Waals surface area contributed by atoms with Gasteiger partial charge in [0.1, 0.15) is 0 Å². The van der Waals surface area contributed by atoms with Gasteiger partial charge >= 0.3 is 0 Å². The van der Waals surface area contributed by atoms with Crippen LogP contribution in [-0.2, 0) is 4.74 Å². The molecule has 1 heterocycles. The fourth-order valence-electron chi connectivity index (χ4n) is 3.07. The largest absolute Gasteiger partial charge is 0.370 e. The Morgan fingerprint density at radius 2 is 1.20 bits per heavy atom. The van der Waals surface area contributed by atoms with E-state index in [9.17, 15) is 0 Å². The molecule has 1 saturated heterocycles. The molecule has 0 aromatic heterocycles. The third-order valence-corrected chi connectivity index (χ3v) is 4.55. The van der Waals surface area contributed by atoms with Gasteiger partial charge in [0.15, 0.2) is 0 Å². The summed E-state index contributed by atoms with van der Waals surface area (Å²) >= 11 is 0. The van der Waals surface area contributed by atoms with Gasteiger partial charge in [-0.3, -0.25) is 0 Å². The molecule has 1 heteroatoms. The van der Waals surface area contributed by atoms with Crippen molar-refractivity contribution in [3.63, 3.8) is 0 Å². The van der Waals surface area contributed by atoms with Crippen LogP contribution in [-0.4, -0.2) is 12.2 Å². The molecular weight excluding hydrogens is 244 g/mol. The Morgan fingerprint density at radius 3 is 1.75 bits per heavy atom. The zero-order valence-corrected chi connectivity index (χ0v) is 14.3. The standard InChI is InChI=1S/C19H38O/c1-4-5-6-7-8-9-10-11-12-15-18-19(20-18)16-13-14-17(2)3/h17-19H,4-16H2,1-3H3/t18-,19-/m0/s1. The van der Waals surface area contributed by atoms with Gasteiger partial charge in [-0.1, -0.05) is 91.4 Å². The van der Waals surface area contributed by atoms with E-state index < -0.39 is 0 Å². The lowest BCUT2D eigenvalue weighted by Gasteiger charge is -2.02. The van der Waals surface area contributed by atoms with E-state index in [0.29, 0.717) is 12.2 Å². The lowest BCUT2D eigenvalue weighted by molar-refractivity contribution is 0.345. The SMILES string of the molecule is CCCCCCCCCCC[C@@H]1O[C@H]1CCCC(C)C. The van der Waals surface area contributed by atoms with Crippen LogP contribution in [0.5, 0.6) is 0 Å². The molecule has 1 rings (SSSR count). The topological polar surface area (TPSA) is 12.5 Å². The summed E-state index contributed by atoms with van der Waals surface area (Å²) in [6.45, 7) is 6.91. The molecule has 0 amide bonds. The summed E-state index contributed by atoms with van der Waals surface area (Å²) in [5.74, 6) is 0.851. The number of hydrogen-bond acceptors (Lipinski definition) is 1. The lowest BCUT2D eigenvalue weighted by atomic mass is 10.0. The van der Waals surface area contributed by atoms with Gasteiger partial charge in [0.2, 0.25) is 0 Å². The van der Waals surface area contributed by atoms with Gasteiger partial charge in [-0.2, -0.15) is 0 Å². The summed E-state index contributed by atoms with van der Waals surface area (Å²) in [7, 11) is 0. The molecule has 120 valence electrons. The highest BCUT2D eigenvalue weighted by atomic mass is 16.6. The van der Waals surface area contributed by atoms with Crippen LogP contribution in [0.4, 0.5) is 0 Å². The van der Waals surface area contributed by atoms with Crippen LogP contribution in [0, 0.1) is 5.92 Å². The van der Waals surface area contributed by atoms with Crippen molar-refractivity contribution in [3.05, 3.63) is 0 Å². The molecule has 20 heavy (non-hydrogen) atoms. The minimum absolute atomic E-state index is 0.628. The van der Waals surface area contributed by atoms with Crippen LogP contribution in [0.1, 0.15) is 104 Å². The maximum atomic E-state index is 5.77. The van der Waals surface area contributed by atoms with Crippen LogP contribution >= 0.6 is 0 Å². The van der Waals surface area contributed by atoms with Crippen molar-refractivity contribution in [1.29, 1.82) is 0 Å². The van der Waals surface area contributed by atoms with Crippen molar-refractivity contribution >= 4 is 0 Å². The number of rotatable bonds is 14. The second-order valence-corrected chi connectivity index (χ2v) is 7.15. The summed E-state index contributed by atoms with van der Waals surface area (Å²) in [6.07, 6.45) is 19.5. The minimum Gasteiger partial charge on any atom is -0.370 e. The molecular formula is C19H38O. The maximum Gasteiger partial charge on any atom is 0.0841 e. The normalized spacial score (nSPS) is 21.6. The van der Waals surface area contributed by atoms with Gasteiger partial charge in [0, 0.05) is 0 Å². The van der Waals surface area contributed by atoms with Gasteiger partial charge in [0.25, 0.3) is 0 Å². The van der Waals surface area contributed by atoms with Gasteiger partial charge in [-0.05, 0) is 18.8 Å². The molecule has 0 N–H and O–H groups in total. The molecule has 0 spiro atoms. The smallest absolute Gasteiger partial charge is 0.0841 e. The molecule has 0 aliphatic carbocycles. The van der Waals surface area contributed by atoms with E-state index in [1.165, 1.54) is 83.5 Å². The number of hydrogen-bond donors (Lipinski definition) is 0. The lowest BCUT2D eigenvalue weighted by Crippen LogP contribution is -1.96. The van der Waals surface area contributed by atoms with Crippen molar-refractivity contribution in [2.45, 2.75) is 116 Å². The quantitative estimate of drug-likeness (QED) is 0.261. The summed E-state index contributed by atoms with van der Waals surface area (Å²) in [5, 5.41) is 0. The third kappa shape index (κ3) is 9.80. The first-order chi connectivity index (χ1) is 9.74. The van der Waals surface area contributed by atoms with E-state index in [4.69, 9.17) is 4.74 Å². The Bertz CT molecular complexity index is 212. The van der Waals surface area contributed by atoms with Gasteiger partial charge < -0.3 is 4.74 Å². The molecule has 1 aliphatic rings. The summed E-state index contributed by atoms with van der Waals surface area (Å²) < 4.78 is 5.77. The average Bonchev–Trinajstić information content (AvgIpc) is 3.15. The minimum atomic E-state index is 0.628. The van der Waals surface area contributed by atoms with Crippen LogP contribution in [0.2, 0.25) is 0 Å². The average molecular weight is 283 g/mol. The van der Waals surface area contributed by atoms with E-state index in [-0.39, 0.29) is 0 Å². The summed E-state index contributed by atoms with van der Waals surface area (Å²) in [6, 6.07) is 0. The van der Waals surface area contributed by atoms with Crippen molar-refractivity contribution in [2.24, 2.45) is 5.92 Å². The molecule has 1 fully saturated rings. The zero-order valence-electron chi connectivity index (χ0n) is 14.3. The molecule has 0 unspecified atom stereocenters. The van der Waals surface area contributed by atoms with Crippen molar-refractivity contribution in [2.75, 3.05) is 0 Å². The first-order valence-electron chi connectivity index (χ1n) is 9.39. The molecule has 0 saturated carbocycles. The number of epoxide rings is 1. The number of unbranched alkanes of at least 4 members (excludes halogenated alkanes) is 8. The second kappa shape index (κ2) is 11.6. The van der Waals surface area contributed by atoms with E-state index in [2.05, 4.69) is 20.8 Å².